The second-order valence-electron chi connectivity index (χ2n) is 4.91. The molecule has 1 saturated carbocycles. The van der Waals surface area contributed by atoms with E-state index in [1.54, 1.807) is 0 Å². The molecule has 1 aromatic carbocycles. The summed E-state index contributed by atoms with van der Waals surface area (Å²) in [5.74, 6) is -2.72. The van der Waals surface area contributed by atoms with Crippen molar-refractivity contribution in [2.75, 3.05) is 16.3 Å². The van der Waals surface area contributed by atoms with Gasteiger partial charge in [0.15, 0.2) is 0 Å². The maximum atomic E-state index is 13.5. The van der Waals surface area contributed by atoms with Crippen molar-refractivity contribution >= 4 is 33.3 Å². The van der Waals surface area contributed by atoms with Crippen molar-refractivity contribution < 1.29 is 27.5 Å². The quantitative estimate of drug-likeness (QED) is 0.702. The Labute approximate surface area is 120 Å². The predicted octanol–water partition coefficient (Wildman–Crippen LogP) is 1.00. The monoisotopic (exact) mass is 316 g/mol. The molecule has 0 bridgehead atoms. The maximum absolute atomic E-state index is 13.5. The van der Waals surface area contributed by atoms with Crippen LogP contribution in [-0.2, 0) is 19.6 Å². The topological polar surface area (TPSA) is 113 Å². The molecule has 0 aliphatic heterocycles. The van der Waals surface area contributed by atoms with Gasteiger partial charge in [0.1, 0.15) is 11.2 Å². The molecule has 0 saturated heterocycles. The van der Waals surface area contributed by atoms with Gasteiger partial charge in [-0.05, 0) is 31.0 Å². The van der Waals surface area contributed by atoms with E-state index in [2.05, 4.69) is 5.32 Å². The van der Waals surface area contributed by atoms with E-state index in [9.17, 15) is 22.4 Å². The number of benzene rings is 1. The molecule has 3 N–H and O–H groups in total. The number of aliphatic carboxylic acids is 1. The summed E-state index contributed by atoms with van der Waals surface area (Å²) in [5.41, 5.74) is -1.64. The van der Waals surface area contributed by atoms with Crippen LogP contribution < -0.4 is 10.0 Å². The lowest BCUT2D eigenvalue weighted by Gasteiger charge is -2.12. The van der Waals surface area contributed by atoms with E-state index in [0.29, 0.717) is 0 Å². The van der Waals surface area contributed by atoms with Crippen LogP contribution in [0.15, 0.2) is 18.2 Å². The minimum absolute atomic E-state index is 0.111. The van der Waals surface area contributed by atoms with Crippen molar-refractivity contribution in [1.29, 1.82) is 0 Å². The molecule has 7 nitrogen and oxygen atoms in total. The number of amides is 1. The van der Waals surface area contributed by atoms with Crippen molar-refractivity contribution in [3.8, 4) is 0 Å². The minimum Gasteiger partial charge on any atom is -0.480 e. The number of hydrogen-bond donors (Lipinski definition) is 3. The summed E-state index contributed by atoms with van der Waals surface area (Å²) in [6, 6.07) is 3.29. The third kappa shape index (κ3) is 3.30. The van der Waals surface area contributed by atoms with Crippen LogP contribution in [0.2, 0.25) is 0 Å². The van der Waals surface area contributed by atoms with Gasteiger partial charge in [-0.3, -0.25) is 14.3 Å². The summed E-state index contributed by atoms with van der Waals surface area (Å²) >= 11 is 0. The summed E-state index contributed by atoms with van der Waals surface area (Å²) in [6.45, 7) is 0. The highest BCUT2D eigenvalue weighted by atomic mass is 32.2. The van der Waals surface area contributed by atoms with Crippen molar-refractivity contribution in [3.63, 3.8) is 0 Å². The zero-order valence-electron chi connectivity index (χ0n) is 11.0. The van der Waals surface area contributed by atoms with Crippen molar-refractivity contribution in [1.82, 2.24) is 0 Å². The van der Waals surface area contributed by atoms with E-state index in [-0.39, 0.29) is 24.2 Å². The van der Waals surface area contributed by atoms with E-state index in [0.717, 1.165) is 18.4 Å². The standard InChI is InChI=1S/C12H13FN2O5S/c1-21(19,20)15-9-6-7(2-3-8(9)13)14-10(16)12(4-5-12)11(17)18/h2-3,6,15H,4-5H2,1H3,(H,14,16)(H,17,18). The molecule has 1 fully saturated rings. The van der Waals surface area contributed by atoms with Crippen LogP contribution in [-0.4, -0.2) is 31.7 Å². The van der Waals surface area contributed by atoms with Gasteiger partial charge in [-0.25, -0.2) is 12.8 Å². The molecule has 1 aliphatic carbocycles. The van der Waals surface area contributed by atoms with Crippen LogP contribution >= 0.6 is 0 Å². The Morgan fingerprint density at radius 2 is 1.95 bits per heavy atom. The first-order chi connectivity index (χ1) is 9.64. The first kappa shape index (κ1) is 15.2. The van der Waals surface area contributed by atoms with Gasteiger partial charge >= 0.3 is 5.97 Å². The zero-order chi connectivity index (χ0) is 15.8. The van der Waals surface area contributed by atoms with E-state index in [1.807, 2.05) is 4.72 Å². The van der Waals surface area contributed by atoms with Crippen LogP contribution in [0.3, 0.4) is 0 Å². The Balaban J connectivity index is 2.20. The number of nitrogens with one attached hydrogen (secondary N) is 2. The van der Waals surface area contributed by atoms with Gasteiger partial charge < -0.3 is 10.4 Å². The second-order valence-corrected chi connectivity index (χ2v) is 6.66. The van der Waals surface area contributed by atoms with Crippen molar-refractivity contribution in [3.05, 3.63) is 24.0 Å². The number of carbonyl (C=O) groups is 2. The lowest BCUT2D eigenvalue weighted by Crippen LogP contribution is -2.31. The fourth-order valence-corrected chi connectivity index (χ4v) is 2.35. The molecule has 0 heterocycles. The number of hydrogen-bond acceptors (Lipinski definition) is 4. The van der Waals surface area contributed by atoms with Gasteiger partial charge in [0.2, 0.25) is 15.9 Å². The summed E-state index contributed by atoms with van der Waals surface area (Å²) in [7, 11) is -3.67. The van der Waals surface area contributed by atoms with Gasteiger partial charge in [-0.2, -0.15) is 0 Å². The lowest BCUT2D eigenvalue weighted by atomic mass is 10.1. The Morgan fingerprint density at radius 1 is 1.33 bits per heavy atom. The Hall–Kier alpha value is -2.16. The van der Waals surface area contributed by atoms with Crippen LogP contribution in [0, 0.1) is 11.2 Å². The molecule has 114 valence electrons. The Morgan fingerprint density at radius 3 is 2.43 bits per heavy atom. The van der Waals surface area contributed by atoms with Gasteiger partial charge in [0.05, 0.1) is 11.9 Å². The van der Waals surface area contributed by atoms with E-state index >= 15 is 0 Å². The second kappa shape index (κ2) is 4.99. The predicted molar refractivity (Wildman–Crippen MR) is 72.8 cm³/mol. The third-order valence-corrected chi connectivity index (χ3v) is 3.70. The molecule has 0 atom stereocenters. The summed E-state index contributed by atoms with van der Waals surface area (Å²) in [6.07, 6.45) is 1.34. The molecule has 0 spiro atoms. The SMILES string of the molecule is CS(=O)(=O)Nc1cc(NC(=O)C2(C(=O)O)CC2)ccc1F. The number of carbonyl (C=O) groups excluding carboxylic acids is 1. The number of carboxylic acids is 1. The molecule has 0 aromatic heterocycles. The molecule has 1 amide bonds. The van der Waals surface area contributed by atoms with Crippen molar-refractivity contribution in [2.45, 2.75) is 12.8 Å². The fourth-order valence-electron chi connectivity index (χ4n) is 1.79. The first-order valence-corrected chi connectivity index (χ1v) is 7.85. The maximum Gasteiger partial charge on any atom is 0.319 e. The highest BCUT2D eigenvalue weighted by Crippen LogP contribution is 2.46. The molecule has 0 unspecified atom stereocenters. The number of anilines is 2. The summed E-state index contributed by atoms with van der Waals surface area (Å²) in [4.78, 5) is 22.9. The first-order valence-electron chi connectivity index (χ1n) is 5.96. The van der Waals surface area contributed by atoms with E-state index in [4.69, 9.17) is 5.11 Å². The molecular weight excluding hydrogens is 303 g/mol. The molecule has 21 heavy (non-hydrogen) atoms. The molecule has 9 heteroatoms. The number of sulfonamides is 1. The molecular formula is C12H13FN2O5S. The normalized spacial score (nSPS) is 16.1. The van der Waals surface area contributed by atoms with Crippen LogP contribution in [0.4, 0.5) is 15.8 Å². The lowest BCUT2D eigenvalue weighted by molar-refractivity contribution is -0.147. The highest BCUT2D eigenvalue weighted by molar-refractivity contribution is 7.92. The van der Waals surface area contributed by atoms with Crippen LogP contribution in [0.1, 0.15) is 12.8 Å². The van der Waals surface area contributed by atoms with Crippen LogP contribution in [0.25, 0.3) is 0 Å². The Kier molecular flexibility index (Phi) is 3.62. The van der Waals surface area contributed by atoms with Gasteiger partial charge in [0, 0.05) is 5.69 Å². The summed E-state index contributed by atoms with van der Waals surface area (Å²) < 4.78 is 37.7. The van der Waals surface area contributed by atoms with Crippen LogP contribution in [0.5, 0.6) is 0 Å². The van der Waals surface area contributed by atoms with E-state index in [1.165, 1.54) is 6.07 Å². The molecule has 1 aliphatic rings. The third-order valence-electron chi connectivity index (χ3n) is 3.11. The zero-order valence-corrected chi connectivity index (χ0v) is 11.8. The average Bonchev–Trinajstić information content (AvgIpc) is 3.12. The van der Waals surface area contributed by atoms with Gasteiger partial charge in [-0.1, -0.05) is 0 Å². The Bertz CT molecular complexity index is 712. The summed E-state index contributed by atoms with van der Waals surface area (Å²) in [5, 5.41) is 11.3. The van der Waals surface area contributed by atoms with Gasteiger partial charge in [-0.15, -0.1) is 0 Å². The van der Waals surface area contributed by atoms with Gasteiger partial charge in [0.25, 0.3) is 0 Å². The number of carboxylic acid groups (broad SMARTS) is 1. The minimum atomic E-state index is -3.67. The molecule has 0 radical (unpaired) electrons. The highest BCUT2D eigenvalue weighted by Gasteiger charge is 2.57. The van der Waals surface area contributed by atoms with Crippen molar-refractivity contribution in [2.24, 2.45) is 5.41 Å². The average molecular weight is 316 g/mol. The van der Waals surface area contributed by atoms with E-state index < -0.39 is 33.1 Å². The number of halogens is 1. The smallest absolute Gasteiger partial charge is 0.319 e. The largest absolute Gasteiger partial charge is 0.480 e. The fraction of sp³-hybridized carbons (Fsp3) is 0.333. The molecule has 2 rings (SSSR count). The number of rotatable bonds is 5. The molecule has 1 aromatic rings.